The molecule has 3 unspecified atom stereocenters. The first-order valence-electron chi connectivity index (χ1n) is 27.8. The van der Waals surface area contributed by atoms with E-state index in [1.54, 1.807) is 0 Å². The number of methoxy groups -OCH3 is 1. The van der Waals surface area contributed by atoms with E-state index in [0.29, 0.717) is 18.8 Å². The van der Waals surface area contributed by atoms with Gasteiger partial charge in [-0.2, -0.15) is 0 Å². The molecule has 8 fully saturated rings. The summed E-state index contributed by atoms with van der Waals surface area (Å²) in [7, 11) is 1.21. The number of rotatable bonds is 15. The molecule has 22 heteroatoms. The minimum atomic E-state index is -1.90. The van der Waals surface area contributed by atoms with Gasteiger partial charge in [-0.25, -0.2) is 0 Å². The number of aliphatic hydroxyl groups is 11. The zero-order valence-electron chi connectivity index (χ0n) is 45.4. The number of cyclic esters (lactones) is 1. The lowest BCUT2D eigenvalue weighted by Gasteiger charge is -2.64. The van der Waals surface area contributed by atoms with Gasteiger partial charge >= 0.3 is 5.97 Å². The fraction of sp³-hybridized carbons (Fsp3) is 0.944. The van der Waals surface area contributed by atoms with Gasteiger partial charge in [-0.3, -0.25) is 4.79 Å². The lowest BCUT2D eigenvalue weighted by Crippen LogP contribution is -2.66. The van der Waals surface area contributed by atoms with Gasteiger partial charge in [-0.15, -0.1) is 0 Å². The first kappa shape index (κ1) is 59.0. The molecular formula is C54H88O22. The highest BCUT2D eigenvalue weighted by molar-refractivity contribution is 5.84. The van der Waals surface area contributed by atoms with Crippen molar-refractivity contribution in [2.24, 2.45) is 45.3 Å². The maximum atomic E-state index is 14.5. The summed E-state index contributed by atoms with van der Waals surface area (Å²) in [6.45, 7) is 14.8. The molecule has 0 bridgehead atoms. The van der Waals surface area contributed by atoms with E-state index in [1.807, 2.05) is 6.08 Å². The fourth-order valence-corrected chi connectivity index (χ4v) is 16.2. The van der Waals surface area contributed by atoms with Crippen molar-refractivity contribution in [3.63, 3.8) is 0 Å². The molecule has 76 heavy (non-hydrogen) atoms. The van der Waals surface area contributed by atoms with Crippen molar-refractivity contribution in [1.82, 2.24) is 0 Å². The van der Waals surface area contributed by atoms with Crippen LogP contribution in [0.3, 0.4) is 0 Å². The summed E-state index contributed by atoms with van der Waals surface area (Å²) >= 11 is 0. The molecule has 436 valence electrons. The van der Waals surface area contributed by atoms with Gasteiger partial charge in [0.2, 0.25) is 0 Å². The summed E-state index contributed by atoms with van der Waals surface area (Å²) < 4.78 is 60.5. The Morgan fingerprint density at radius 1 is 0.658 bits per heavy atom. The van der Waals surface area contributed by atoms with E-state index in [0.717, 1.165) is 44.9 Å². The monoisotopic (exact) mass is 1090 g/mol. The van der Waals surface area contributed by atoms with Crippen molar-refractivity contribution < 1.29 is 108 Å². The largest absolute Gasteiger partial charge is 0.459 e. The number of aliphatic hydroxyl groups excluding tert-OH is 11. The van der Waals surface area contributed by atoms with Crippen LogP contribution in [0, 0.1) is 45.3 Å². The summed E-state index contributed by atoms with van der Waals surface area (Å²) in [6.07, 6.45) is -22.1. The first-order valence-corrected chi connectivity index (χ1v) is 27.8. The van der Waals surface area contributed by atoms with Gasteiger partial charge in [0.25, 0.3) is 0 Å². The van der Waals surface area contributed by atoms with Gasteiger partial charge in [0.15, 0.2) is 25.2 Å². The van der Waals surface area contributed by atoms with Crippen LogP contribution in [-0.4, -0.2) is 224 Å². The van der Waals surface area contributed by atoms with Crippen molar-refractivity contribution in [1.29, 1.82) is 0 Å². The Kier molecular flexibility index (Phi) is 17.1. The standard InChI is InChI=1S/C54H88O22/c1-23(2)11-10-16-53(8)31-14-18-52(7)25-12-13-30-50(4,5)33(15-17-51(30,6)26(25)19-32(57)54(31,52)49(66)76-53)73-48-44(75-45-39(63)38(62)34(58)24(3)69-45)37(61)29(22-68-48)72-46-41(65)43(36(60)28(21-56)70-46)74-47-40(64)42(67-9)35(59)27(20-55)71-47/h19,23-25,27-48,55-65H,10-18,20-22H2,1-9H3/t24-,25-,27-,28-,29-,30+,31?,32+,33+,34-,35-,36-,37+,38+,39-,40-,41-,42+,43+,44-,45-,46+,47+,48?,51-,52+,53+,54?/m1/s1. The average Bonchev–Trinajstić information content (AvgIpc) is 4.06. The molecule has 0 amide bonds. The Balaban J connectivity index is 0.943. The zero-order chi connectivity index (χ0) is 55.4. The number of allylic oxidation sites excluding steroid dienone is 1. The van der Waals surface area contributed by atoms with Crippen LogP contribution in [-0.2, 0) is 52.2 Å². The van der Waals surface area contributed by atoms with Gasteiger partial charge in [0.1, 0.15) is 96.5 Å². The van der Waals surface area contributed by atoms with E-state index in [1.165, 1.54) is 19.6 Å². The molecule has 22 nitrogen and oxygen atoms in total. The lowest BCUT2D eigenvalue weighted by molar-refractivity contribution is -0.388. The van der Waals surface area contributed by atoms with Crippen LogP contribution in [0.25, 0.3) is 0 Å². The van der Waals surface area contributed by atoms with E-state index in [-0.39, 0.29) is 23.7 Å². The average molecular weight is 1090 g/mol. The lowest BCUT2D eigenvalue weighted by atomic mass is 9.40. The molecular weight excluding hydrogens is 1000 g/mol. The Bertz CT molecular complexity index is 2060. The number of hydrogen-bond donors (Lipinski definition) is 11. The Labute approximate surface area is 444 Å². The molecule has 11 N–H and O–H groups in total. The van der Waals surface area contributed by atoms with Crippen LogP contribution < -0.4 is 0 Å². The Hall–Kier alpha value is -1.59. The number of fused-ring (bicyclic) bond motifs is 4. The van der Waals surface area contributed by atoms with Crippen molar-refractivity contribution in [2.75, 3.05) is 26.9 Å². The van der Waals surface area contributed by atoms with E-state index >= 15 is 0 Å². The number of hydrogen-bond acceptors (Lipinski definition) is 22. The van der Waals surface area contributed by atoms with Crippen LogP contribution >= 0.6 is 0 Å². The molecule has 1 spiro atoms. The minimum absolute atomic E-state index is 0.0140. The van der Waals surface area contributed by atoms with Gasteiger partial charge in [-0.1, -0.05) is 59.6 Å². The maximum absolute atomic E-state index is 14.5. The summed E-state index contributed by atoms with van der Waals surface area (Å²) in [5, 5.41) is 122. The molecule has 28 atom stereocenters. The highest BCUT2D eigenvalue weighted by atomic mass is 16.8. The van der Waals surface area contributed by atoms with Crippen LogP contribution in [0.15, 0.2) is 11.6 Å². The second-order valence-electron chi connectivity index (χ2n) is 25.4. The van der Waals surface area contributed by atoms with Crippen LogP contribution in [0.4, 0.5) is 0 Å². The van der Waals surface area contributed by atoms with Crippen molar-refractivity contribution in [3.05, 3.63) is 11.6 Å². The van der Waals surface area contributed by atoms with Crippen molar-refractivity contribution >= 4 is 5.97 Å². The number of esters is 1. The molecule has 0 aromatic carbocycles. The summed E-state index contributed by atoms with van der Waals surface area (Å²) in [4.78, 5) is 14.5. The normalized spacial score (nSPS) is 53.1. The summed E-state index contributed by atoms with van der Waals surface area (Å²) in [5.41, 5.74) is -2.03. The number of carbonyl (C=O) groups is 1. The molecule has 0 aromatic heterocycles. The third-order valence-corrected chi connectivity index (χ3v) is 20.4. The molecule has 4 aliphatic carbocycles. The minimum Gasteiger partial charge on any atom is -0.459 e. The highest BCUT2D eigenvalue weighted by Gasteiger charge is 2.79. The fourth-order valence-electron chi connectivity index (χ4n) is 16.2. The summed E-state index contributed by atoms with van der Waals surface area (Å²) in [5.74, 6) is 0.196. The predicted molar refractivity (Wildman–Crippen MR) is 262 cm³/mol. The summed E-state index contributed by atoms with van der Waals surface area (Å²) in [6, 6.07) is 0. The Morgan fingerprint density at radius 2 is 1.28 bits per heavy atom. The van der Waals surface area contributed by atoms with E-state index < -0.39 is 176 Å². The maximum Gasteiger partial charge on any atom is 0.316 e. The van der Waals surface area contributed by atoms with E-state index in [9.17, 15) is 61.0 Å². The predicted octanol–water partition coefficient (Wildman–Crippen LogP) is -0.337. The van der Waals surface area contributed by atoms with E-state index in [2.05, 4.69) is 48.5 Å². The third-order valence-electron chi connectivity index (χ3n) is 20.4. The molecule has 0 radical (unpaired) electrons. The van der Waals surface area contributed by atoms with Crippen LogP contribution in [0.2, 0.25) is 0 Å². The van der Waals surface area contributed by atoms with Gasteiger partial charge in [0, 0.05) is 13.0 Å². The third kappa shape index (κ3) is 9.47. The van der Waals surface area contributed by atoms with Gasteiger partial charge < -0.3 is 104 Å². The molecule has 9 aliphatic rings. The zero-order valence-corrected chi connectivity index (χ0v) is 45.4. The topological polar surface area (TPSA) is 332 Å². The van der Waals surface area contributed by atoms with Gasteiger partial charge in [-0.05, 0) is 99.2 Å². The Morgan fingerprint density at radius 3 is 1.92 bits per heavy atom. The van der Waals surface area contributed by atoms with Crippen LogP contribution in [0.1, 0.15) is 113 Å². The first-order chi connectivity index (χ1) is 35.7. The molecule has 5 aliphatic heterocycles. The molecule has 5 saturated heterocycles. The van der Waals surface area contributed by atoms with Gasteiger partial charge in [0.05, 0.1) is 38.1 Å². The molecule has 3 saturated carbocycles. The quantitative estimate of drug-likeness (QED) is 0.0568. The molecule has 5 heterocycles. The number of ether oxygens (including phenoxy) is 10. The second-order valence-corrected chi connectivity index (χ2v) is 25.4. The highest BCUT2D eigenvalue weighted by Crippen LogP contribution is 2.76. The van der Waals surface area contributed by atoms with Crippen LogP contribution in [0.5, 0.6) is 0 Å². The van der Waals surface area contributed by atoms with E-state index in [4.69, 9.17) is 47.4 Å². The van der Waals surface area contributed by atoms with Crippen molar-refractivity contribution in [2.45, 2.75) is 248 Å². The molecule has 0 aromatic rings. The molecule has 9 rings (SSSR count). The van der Waals surface area contributed by atoms with Crippen molar-refractivity contribution in [3.8, 4) is 0 Å². The smallest absolute Gasteiger partial charge is 0.316 e. The second kappa shape index (κ2) is 22.0. The number of carbonyl (C=O) groups excluding carboxylic acids is 1. The SMILES string of the molecule is CO[C@@H]1[C@@H](O)[C@H](O[C@@H]2[C@@H](O)[C@H](O[C@@H]3COC(O[C@H]4CC[C@]5(C)C6=C[C@H](O)C78C(=O)O[C@@](C)(CCCC(C)C)C7CC[C@@]8(C)[C@@H]6CC[C@H]5C4(C)C)[C@H](O[C@H]4O[C@H](C)[C@@H](O)[C@H](O)[C@H]4O)[C@H]3O)O[C@H](CO)[C@H]2O)O[C@H](CO)[C@H]1O.